The number of pyridine rings is 1. The highest BCUT2D eigenvalue weighted by atomic mass is 16.5. The molecule has 0 aliphatic rings. The van der Waals surface area contributed by atoms with Gasteiger partial charge in [0.25, 0.3) is 5.91 Å². The lowest BCUT2D eigenvalue weighted by molar-refractivity contribution is 0.0988. The SMILES string of the molecule is CC(C)c1cncc(NC(=O)c2ccno2)c1. The zero-order chi connectivity index (χ0) is 12.3. The van der Waals surface area contributed by atoms with E-state index >= 15 is 0 Å². The number of rotatable bonds is 3. The van der Waals surface area contributed by atoms with E-state index in [-0.39, 0.29) is 11.7 Å². The molecule has 0 fully saturated rings. The van der Waals surface area contributed by atoms with Gasteiger partial charge in [0.2, 0.25) is 5.76 Å². The van der Waals surface area contributed by atoms with Crippen molar-refractivity contribution in [3.63, 3.8) is 0 Å². The third kappa shape index (κ3) is 2.69. The lowest BCUT2D eigenvalue weighted by Gasteiger charge is -2.07. The molecule has 1 N–H and O–H groups in total. The smallest absolute Gasteiger partial charge is 0.294 e. The molecular formula is C12H13N3O2. The number of aromatic nitrogens is 2. The summed E-state index contributed by atoms with van der Waals surface area (Å²) in [5.74, 6) is 0.217. The summed E-state index contributed by atoms with van der Waals surface area (Å²) in [4.78, 5) is 15.8. The van der Waals surface area contributed by atoms with Gasteiger partial charge in [-0.3, -0.25) is 9.78 Å². The Bertz CT molecular complexity index is 506. The maximum atomic E-state index is 11.7. The predicted octanol–water partition coefficient (Wildman–Crippen LogP) is 2.45. The van der Waals surface area contributed by atoms with Gasteiger partial charge in [0, 0.05) is 12.3 Å². The molecule has 5 nitrogen and oxygen atoms in total. The fraction of sp³-hybridized carbons (Fsp3) is 0.250. The molecule has 2 rings (SSSR count). The van der Waals surface area contributed by atoms with Crippen LogP contribution in [0.3, 0.4) is 0 Å². The second-order valence-corrected chi connectivity index (χ2v) is 3.99. The van der Waals surface area contributed by atoms with Crippen LogP contribution in [0.25, 0.3) is 0 Å². The number of nitrogens with zero attached hydrogens (tertiary/aromatic N) is 2. The van der Waals surface area contributed by atoms with Crippen molar-refractivity contribution in [2.75, 3.05) is 5.32 Å². The Hall–Kier alpha value is -2.17. The fourth-order valence-corrected chi connectivity index (χ4v) is 1.37. The maximum absolute atomic E-state index is 11.7. The van der Waals surface area contributed by atoms with Crippen LogP contribution in [0.5, 0.6) is 0 Å². The minimum atomic E-state index is -0.329. The molecule has 0 unspecified atom stereocenters. The molecule has 0 saturated heterocycles. The molecule has 0 radical (unpaired) electrons. The number of nitrogens with one attached hydrogen (secondary N) is 1. The highest BCUT2D eigenvalue weighted by molar-refractivity contribution is 6.02. The summed E-state index contributed by atoms with van der Waals surface area (Å²) in [5, 5.41) is 6.18. The van der Waals surface area contributed by atoms with Crippen LogP contribution in [0.15, 0.2) is 35.2 Å². The number of carbonyl (C=O) groups excluding carboxylic acids is 1. The molecule has 0 saturated carbocycles. The molecular weight excluding hydrogens is 218 g/mol. The number of anilines is 1. The van der Waals surface area contributed by atoms with Crippen LogP contribution in [0, 0.1) is 0 Å². The average Bonchev–Trinajstić information content (AvgIpc) is 2.82. The molecule has 88 valence electrons. The van der Waals surface area contributed by atoms with Gasteiger partial charge < -0.3 is 9.84 Å². The molecule has 0 atom stereocenters. The number of carbonyl (C=O) groups is 1. The molecule has 0 aromatic carbocycles. The van der Waals surface area contributed by atoms with E-state index in [0.29, 0.717) is 11.6 Å². The van der Waals surface area contributed by atoms with Gasteiger partial charge in [-0.05, 0) is 17.5 Å². The first-order chi connectivity index (χ1) is 8.16. The lowest BCUT2D eigenvalue weighted by Crippen LogP contribution is -2.11. The molecule has 0 spiro atoms. The van der Waals surface area contributed by atoms with Crippen molar-refractivity contribution >= 4 is 11.6 Å². The van der Waals surface area contributed by atoms with E-state index < -0.39 is 0 Å². The van der Waals surface area contributed by atoms with E-state index in [4.69, 9.17) is 4.52 Å². The van der Waals surface area contributed by atoms with Crippen LogP contribution >= 0.6 is 0 Å². The fourth-order valence-electron chi connectivity index (χ4n) is 1.37. The Morgan fingerprint density at radius 2 is 2.24 bits per heavy atom. The Labute approximate surface area is 98.8 Å². The first-order valence-electron chi connectivity index (χ1n) is 5.34. The van der Waals surface area contributed by atoms with Gasteiger partial charge in [-0.1, -0.05) is 19.0 Å². The minimum absolute atomic E-state index is 0.181. The molecule has 2 heterocycles. The Balaban J connectivity index is 2.14. The molecule has 17 heavy (non-hydrogen) atoms. The predicted molar refractivity (Wildman–Crippen MR) is 62.8 cm³/mol. The van der Waals surface area contributed by atoms with Crippen molar-refractivity contribution in [2.45, 2.75) is 19.8 Å². The summed E-state index contributed by atoms with van der Waals surface area (Å²) in [6.45, 7) is 4.14. The molecule has 0 bridgehead atoms. The van der Waals surface area contributed by atoms with Crippen LogP contribution < -0.4 is 5.32 Å². The standard InChI is InChI=1S/C12H13N3O2/c1-8(2)9-5-10(7-13-6-9)15-12(16)11-3-4-14-17-11/h3-8H,1-2H3,(H,15,16). The van der Waals surface area contributed by atoms with Crippen molar-refractivity contribution < 1.29 is 9.32 Å². The normalized spacial score (nSPS) is 10.5. The second-order valence-electron chi connectivity index (χ2n) is 3.99. The van der Waals surface area contributed by atoms with Crippen LogP contribution in [0.4, 0.5) is 5.69 Å². The van der Waals surface area contributed by atoms with Gasteiger partial charge in [-0.2, -0.15) is 0 Å². The van der Waals surface area contributed by atoms with Crippen molar-refractivity contribution in [2.24, 2.45) is 0 Å². The van der Waals surface area contributed by atoms with Crippen molar-refractivity contribution in [3.8, 4) is 0 Å². The van der Waals surface area contributed by atoms with Crippen LogP contribution in [0.1, 0.15) is 35.9 Å². The van der Waals surface area contributed by atoms with Crippen molar-refractivity contribution in [3.05, 3.63) is 42.0 Å². The van der Waals surface area contributed by atoms with Gasteiger partial charge in [-0.15, -0.1) is 0 Å². The van der Waals surface area contributed by atoms with Gasteiger partial charge in [-0.25, -0.2) is 0 Å². The minimum Gasteiger partial charge on any atom is -0.351 e. The molecule has 2 aromatic heterocycles. The zero-order valence-electron chi connectivity index (χ0n) is 9.68. The second kappa shape index (κ2) is 4.78. The Kier molecular flexibility index (Phi) is 3.18. The van der Waals surface area contributed by atoms with Gasteiger partial charge in [0.05, 0.1) is 18.1 Å². The lowest BCUT2D eigenvalue weighted by atomic mass is 10.1. The quantitative estimate of drug-likeness (QED) is 0.880. The van der Waals surface area contributed by atoms with E-state index in [1.165, 1.54) is 12.3 Å². The highest BCUT2D eigenvalue weighted by Gasteiger charge is 2.10. The summed E-state index contributed by atoms with van der Waals surface area (Å²) >= 11 is 0. The van der Waals surface area contributed by atoms with Gasteiger partial charge >= 0.3 is 0 Å². The van der Waals surface area contributed by atoms with Crippen LogP contribution in [-0.4, -0.2) is 16.0 Å². The van der Waals surface area contributed by atoms with E-state index in [9.17, 15) is 4.79 Å². The molecule has 0 aliphatic heterocycles. The molecule has 0 aliphatic carbocycles. The largest absolute Gasteiger partial charge is 0.351 e. The third-order valence-corrected chi connectivity index (χ3v) is 2.35. The summed E-state index contributed by atoms with van der Waals surface area (Å²) in [5.41, 5.74) is 1.72. The summed E-state index contributed by atoms with van der Waals surface area (Å²) < 4.78 is 4.76. The Morgan fingerprint density at radius 1 is 1.41 bits per heavy atom. The van der Waals surface area contributed by atoms with Gasteiger partial charge in [0.1, 0.15) is 0 Å². The maximum Gasteiger partial charge on any atom is 0.294 e. The molecule has 1 amide bonds. The van der Waals surface area contributed by atoms with Gasteiger partial charge in [0.15, 0.2) is 0 Å². The topological polar surface area (TPSA) is 68.0 Å². The van der Waals surface area contributed by atoms with Crippen LogP contribution in [-0.2, 0) is 0 Å². The Morgan fingerprint density at radius 3 is 2.88 bits per heavy atom. The van der Waals surface area contributed by atoms with E-state index in [1.54, 1.807) is 12.4 Å². The summed E-state index contributed by atoms with van der Waals surface area (Å²) in [6.07, 6.45) is 4.81. The van der Waals surface area contributed by atoms with Crippen molar-refractivity contribution in [1.29, 1.82) is 0 Å². The zero-order valence-corrected chi connectivity index (χ0v) is 9.68. The summed E-state index contributed by atoms with van der Waals surface area (Å²) in [7, 11) is 0. The molecule has 2 aromatic rings. The highest BCUT2D eigenvalue weighted by Crippen LogP contribution is 2.17. The number of hydrogen-bond acceptors (Lipinski definition) is 4. The van der Waals surface area contributed by atoms with Crippen LogP contribution in [0.2, 0.25) is 0 Å². The summed E-state index contributed by atoms with van der Waals surface area (Å²) in [6, 6.07) is 3.40. The monoisotopic (exact) mass is 231 g/mol. The number of amides is 1. The van der Waals surface area contributed by atoms with E-state index in [1.807, 2.05) is 6.07 Å². The van der Waals surface area contributed by atoms with E-state index in [2.05, 4.69) is 29.3 Å². The van der Waals surface area contributed by atoms with Crippen molar-refractivity contribution in [1.82, 2.24) is 10.1 Å². The average molecular weight is 231 g/mol. The first kappa shape index (κ1) is 11.3. The first-order valence-corrected chi connectivity index (χ1v) is 5.34. The third-order valence-electron chi connectivity index (χ3n) is 2.35. The molecule has 5 heteroatoms. The van der Waals surface area contributed by atoms with E-state index in [0.717, 1.165) is 5.56 Å². The number of hydrogen-bond donors (Lipinski definition) is 1.